The molecule has 7 heteroatoms. The van der Waals surface area contributed by atoms with Gasteiger partial charge in [-0.1, -0.05) is 0 Å². The number of anilines is 2. The number of benzene rings is 1. The van der Waals surface area contributed by atoms with Gasteiger partial charge in [-0.3, -0.25) is 9.78 Å². The Morgan fingerprint density at radius 1 is 1.33 bits per heavy atom. The number of thiophene rings is 1. The molecule has 1 aromatic carbocycles. The molecule has 0 unspecified atom stereocenters. The topological polar surface area (TPSA) is 83.8 Å². The predicted molar refractivity (Wildman–Crippen MR) is 91.0 cm³/mol. The monoisotopic (exact) mass is 364 g/mol. The molecule has 0 amide bonds. The highest BCUT2D eigenvalue weighted by Crippen LogP contribution is 2.22. The quantitative estimate of drug-likeness (QED) is 0.621. The van der Waals surface area contributed by atoms with Crippen LogP contribution in [0, 0.1) is 0 Å². The fourth-order valence-electron chi connectivity index (χ4n) is 2.03. The van der Waals surface area contributed by atoms with E-state index in [0.29, 0.717) is 29.1 Å². The molecular weight excluding hydrogens is 352 g/mol. The van der Waals surface area contributed by atoms with Gasteiger partial charge in [-0.15, -0.1) is 11.3 Å². The van der Waals surface area contributed by atoms with E-state index in [1.807, 2.05) is 6.07 Å². The number of hydrogen-bond acceptors (Lipinski definition) is 5. The lowest BCUT2D eigenvalue weighted by atomic mass is 10.2. The summed E-state index contributed by atoms with van der Waals surface area (Å²) in [6, 6.07) is 9.23. The Morgan fingerprint density at radius 3 is 2.95 bits per heavy atom. The van der Waals surface area contributed by atoms with Crippen molar-refractivity contribution < 1.29 is 0 Å². The van der Waals surface area contributed by atoms with Crippen molar-refractivity contribution in [3.63, 3.8) is 0 Å². The molecule has 0 atom stereocenters. The number of nitrogens with two attached hydrogens (primary N) is 1. The zero-order chi connectivity index (χ0) is 14.8. The van der Waals surface area contributed by atoms with E-state index in [4.69, 9.17) is 5.73 Å². The van der Waals surface area contributed by atoms with Crippen LogP contribution in [-0.4, -0.2) is 16.5 Å². The third kappa shape index (κ3) is 3.25. The number of H-pyrrole nitrogens is 1. The fourth-order valence-corrected chi connectivity index (χ4v) is 3.51. The Morgan fingerprint density at radius 2 is 2.19 bits per heavy atom. The molecule has 5 nitrogen and oxygen atoms in total. The van der Waals surface area contributed by atoms with Crippen molar-refractivity contribution in [2.24, 2.45) is 0 Å². The summed E-state index contributed by atoms with van der Waals surface area (Å²) in [5.74, 6) is 0.480. The number of rotatable bonds is 4. The predicted octanol–water partition coefficient (Wildman–Crippen LogP) is 2.98. The van der Waals surface area contributed by atoms with E-state index < -0.39 is 0 Å². The zero-order valence-corrected chi connectivity index (χ0v) is 13.4. The number of nitrogens with one attached hydrogen (secondary N) is 2. The normalized spacial score (nSPS) is 10.9. The Bertz CT molecular complexity index is 842. The number of nitrogens with zero attached hydrogens (tertiary/aromatic N) is 1. The largest absolute Gasteiger partial charge is 0.399 e. The first-order chi connectivity index (χ1) is 10.1. The summed E-state index contributed by atoms with van der Waals surface area (Å²) < 4.78 is 1.12. The summed E-state index contributed by atoms with van der Waals surface area (Å²) in [7, 11) is 0. The molecule has 3 rings (SSSR count). The van der Waals surface area contributed by atoms with Gasteiger partial charge in [0.2, 0.25) is 5.95 Å². The fraction of sp³-hybridized carbons (Fsp3) is 0.143. The molecule has 0 radical (unpaired) electrons. The summed E-state index contributed by atoms with van der Waals surface area (Å²) in [6.45, 7) is 0.705. The molecule has 0 saturated heterocycles. The third-order valence-corrected chi connectivity index (χ3v) is 4.71. The zero-order valence-electron chi connectivity index (χ0n) is 11.0. The van der Waals surface area contributed by atoms with Crippen LogP contribution in [0.15, 0.2) is 38.9 Å². The molecule has 21 heavy (non-hydrogen) atoms. The molecule has 0 aliphatic carbocycles. The van der Waals surface area contributed by atoms with Gasteiger partial charge in [0.05, 0.1) is 14.7 Å². The Hall–Kier alpha value is -1.86. The summed E-state index contributed by atoms with van der Waals surface area (Å²) in [4.78, 5) is 20.4. The third-order valence-electron chi connectivity index (χ3n) is 3.02. The smallest absolute Gasteiger partial charge is 0.260 e. The Kier molecular flexibility index (Phi) is 3.94. The maximum atomic E-state index is 12.0. The van der Waals surface area contributed by atoms with E-state index in [9.17, 15) is 4.79 Å². The summed E-state index contributed by atoms with van der Waals surface area (Å²) in [5, 5.41) is 3.65. The maximum Gasteiger partial charge on any atom is 0.260 e. The van der Waals surface area contributed by atoms with Crippen molar-refractivity contribution in [3.05, 3.63) is 49.3 Å². The highest BCUT2D eigenvalue weighted by Gasteiger charge is 2.04. The molecule has 0 saturated carbocycles. The molecule has 0 bridgehead atoms. The van der Waals surface area contributed by atoms with Gasteiger partial charge in [0.25, 0.3) is 5.56 Å². The number of aromatic nitrogens is 2. The molecule has 2 heterocycles. The second-order valence-corrected chi connectivity index (χ2v) is 7.12. The van der Waals surface area contributed by atoms with Crippen molar-refractivity contribution >= 4 is 49.8 Å². The molecule has 0 aliphatic rings. The van der Waals surface area contributed by atoms with Gasteiger partial charge in [0.1, 0.15) is 0 Å². The lowest BCUT2D eigenvalue weighted by Gasteiger charge is -2.06. The van der Waals surface area contributed by atoms with Gasteiger partial charge >= 0.3 is 0 Å². The Balaban J connectivity index is 1.75. The number of fused-ring (bicyclic) bond motifs is 1. The molecule has 108 valence electrons. The number of hydrogen-bond donors (Lipinski definition) is 3. The minimum Gasteiger partial charge on any atom is -0.399 e. The van der Waals surface area contributed by atoms with E-state index in [1.54, 1.807) is 29.5 Å². The second-order valence-electron chi connectivity index (χ2n) is 4.57. The number of halogens is 1. The molecular formula is C14H13BrN4OS. The highest BCUT2D eigenvalue weighted by atomic mass is 79.9. The summed E-state index contributed by atoms with van der Waals surface area (Å²) in [5.41, 5.74) is 6.68. The van der Waals surface area contributed by atoms with Crippen LogP contribution in [0.5, 0.6) is 0 Å². The minimum absolute atomic E-state index is 0.186. The van der Waals surface area contributed by atoms with E-state index in [0.717, 1.165) is 10.2 Å². The van der Waals surface area contributed by atoms with Crippen LogP contribution in [-0.2, 0) is 6.42 Å². The van der Waals surface area contributed by atoms with Crippen LogP contribution < -0.4 is 16.6 Å². The standard InChI is InChI=1S/C14H13BrN4OS/c15-12-4-2-9(21-12)5-6-17-14-18-11-3-1-8(16)7-10(11)13(20)19-14/h1-4,7H,5-6,16H2,(H2,17,18,19,20). The van der Waals surface area contributed by atoms with E-state index in [2.05, 4.69) is 37.3 Å². The van der Waals surface area contributed by atoms with Crippen molar-refractivity contribution in [1.82, 2.24) is 9.97 Å². The number of aromatic amines is 1. The van der Waals surface area contributed by atoms with Gasteiger partial charge in [-0.25, -0.2) is 4.98 Å². The average molecular weight is 365 g/mol. The van der Waals surface area contributed by atoms with Crippen molar-refractivity contribution in [3.8, 4) is 0 Å². The second kappa shape index (κ2) is 5.87. The molecule has 0 fully saturated rings. The first-order valence-electron chi connectivity index (χ1n) is 6.39. The molecule has 0 aliphatic heterocycles. The van der Waals surface area contributed by atoms with E-state index in [-0.39, 0.29) is 5.56 Å². The van der Waals surface area contributed by atoms with Gasteiger partial charge < -0.3 is 11.1 Å². The first kappa shape index (κ1) is 14.1. The summed E-state index contributed by atoms with van der Waals surface area (Å²) >= 11 is 5.14. The SMILES string of the molecule is Nc1ccc2nc(NCCc3ccc(Br)s3)[nH]c(=O)c2c1. The van der Waals surface area contributed by atoms with Gasteiger partial charge in [-0.05, 0) is 52.7 Å². The van der Waals surface area contributed by atoms with Crippen LogP contribution in [0.1, 0.15) is 4.88 Å². The van der Waals surface area contributed by atoms with Crippen LogP contribution in [0.3, 0.4) is 0 Å². The van der Waals surface area contributed by atoms with E-state index in [1.165, 1.54) is 4.88 Å². The van der Waals surface area contributed by atoms with Crippen LogP contribution in [0.4, 0.5) is 11.6 Å². The van der Waals surface area contributed by atoms with Gasteiger partial charge in [-0.2, -0.15) is 0 Å². The first-order valence-corrected chi connectivity index (χ1v) is 8.00. The van der Waals surface area contributed by atoms with Gasteiger partial charge in [0, 0.05) is 17.1 Å². The molecule has 4 N–H and O–H groups in total. The van der Waals surface area contributed by atoms with E-state index >= 15 is 0 Å². The van der Waals surface area contributed by atoms with Crippen molar-refractivity contribution in [1.29, 1.82) is 0 Å². The Labute approximate surface area is 133 Å². The van der Waals surface area contributed by atoms with Gasteiger partial charge in [0.15, 0.2) is 0 Å². The molecule has 3 aromatic rings. The highest BCUT2D eigenvalue weighted by molar-refractivity contribution is 9.11. The minimum atomic E-state index is -0.186. The lowest BCUT2D eigenvalue weighted by molar-refractivity contribution is 1.00. The van der Waals surface area contributed by atoms with Crippen molar-refractivity contribution in [2.75, 3.05) is 17.6 Å². The van der Waals surface area contributed by atoms with Crippen molar-refractivity contribution in [2.45, 2.75) is 6.42 Å². The van der Waals surface area contributed by atoms with Crippen LogP contribution in [0.25, 0.3) is 10.9 Å². The lowest BCUT2D eigenvalue weighted by Crippen LogP contribution is -2.14. The average Bonchev–Trinajstić information content (AvgIpc) is 2.85. The number of nitrogen functional groups attached to an aromatic ring is 1. The molecule has 2 aromatic heterocycles. The summed E-state index contributed by atoms with van der Waals surface area (Å²) in [6.07, 6.45) is 0.875. The van der Waals surface area contributed by atoms with Crippen LogP contribution >= 0.6 is 27.3 Å². The van der Waals surface area contributed by atoms with Crippen LogP contribution in [0.2, 0.25) is 0 Å². The maximum absolute atomic E-state index is 12.0. The molecule has 0 spiro atoms.